The van der Waals surface area contributed by atoms with Crippen LogP contribution in [0.3, 0.4) is 0 Å². The van der Waals surface area contributed by atoms with Crippen LogP contribution in [0.4, 0.5) is 0 Å². The Morgan fingerprint density at radius 3 is 2.85 bits per heavy atom. The van der Waals surface area contributed by atoms with Gasteiger partial charge in [0.1, 0.15) is 0 Å². The highest BCUT2D eigenvalue weighted by Gasteiger charge is 2.28. The number of benzene rings is 1. The molecular weight excluding hydrogens is 246 g/mol. The first-order chi connectivity index (χ1) is 9.88. The molecule has 2 unspecified atom stereocenters. The topological polar surface area (TPSA) is 21.3 Å². The molecule has 110 valence electrons. The number of rotatable bonds is 6. The third kappa shape index (κ3) is 3.42. The molecule has 2 aliphatic rings. The molecule has 1 aromatic carbocycles. The second-order valence-electron chi connectivity index (χ2n) is 6.27. The summed E-state index contributed by atoms with van der Waals surface area (Å²) < 4.78 is 6.27. The minimum Gasteiger partial charge on any atom is -0.376 e. The molecular formula is C18H27NO. The van der Waals surface area contributed by atoms with Crippen LogP contribution in [0.15, 0.2) is 24.3 Å². The number of hydrogen-bond donors (Lipinski definition) is 1. The molecule has 2 aliphatic carbocycles. The van der Waals surface area contributed by atoms with E-state index >= 15 is 0 Å². The molecule has 1 N–H and O–H groups in total. The van der Waals surface area contributed by atoms with Gasteiger partial charge in [0, 0.05) is 6.61 Å². The van der Waals surface area contributed by atoms with Crippen molar-refractivity contribution in [2.75, 3.05) is 13.2 Å². The van der Waals surface area contributed by atoms with Crippen molar-refractivity contribution in [2.45, 2.75) is 57.6 Å². The lowest BCUT2D eigenvalue weighted by molar-refractivity contribution is 0.0181. The van der Waals surface area contributed by atoms with Crippen molar-refractivity contribution in [1.82, 2.24) is 5.32 Å². The lowest BCUT2D eigenvalue weighted by Gasteiger charge is -2.27. The van der Waals surface area contributed by atoms with Crippen molar-refractivity contribution in [3.05, 3.63) is 35.4 Å². The van der Waals surface area contributed by atoms with E-state index in [1.165, 1.54) is 49.7 Å². The predicted octanol–water partition coefficient (Wildman–Crippen LogP) is 3.86. The van der Waals surface area contributed by atoms with Gasteiger partial charge in [-0.2, -0.15) is 0 Å². The molecule has 0 spiro atoms. The van der Waals surface area contributed by atoms with Gasteiger partial charge in [0.25, 0.3) is 0 Å². The predicted molar refractivity (Wildman–Crippen MR) is 82.9 cm³/mol. The van der Waals surface area contributed by atoms with E-state index in [1.54, 1.807) is 0 Å². The number of aryl methyl sites for hydroxylation is 1. The van der Waals surface area contributed by atoms with Gasteiger partial charge in [0.2, 0.25) is 0 Å². The van der Waals surface area contributed by atoms with Crippen LogP contribution in [0.25, 0.3) is 0 Å². The first kappa shape index (κ1) is 14.1. The van der Waals surface area contributed by atoms with E-state index in [9.17, 15) is 0 Å². The van der Waals surface area contributed by atoms with Crippen LogP contribution in [-0.4, -0.2) is 19.3 Å². The monoisotopic (exact) mass is 273 g/mol. The molecule has 0 aromatic heterocycles. The summed E-state index contributed by atoms with van der Waals surface area (Å²) in [4.78, 5) is 0. The largest absolute Gasteiger partial charge is 0.376 e. The highest BCUT2D eigenvalue weighted by atomic mass is 16.5. The minimum absolute atomic E-state index is 0.345. The molecule has 0 amide bonds. The zero-order valence-corrected chi connectivity index (χ0v) is 12.6. The molecule has 0 radical (unpaired) electrons. The van der Waals surface area contributed by atoms with Crippen LogP contribution in [0, 0.1) is 5.92 Å². The Morgan fingerprint density at radius 1 is 1.20 bits per heavy atom. The number of ether oxygens (including phenoxy) is 1. The van der Waals surface area contributed by atoms with Crippen LogP contribution in [-0.2, 0) is 11.2 Å². The Labute approximate surface area is 122 Å². The normalized spacial score (nSPS) is 26.1. The van der Waals surface area contributed by atoms with Gasteiger partial charge in [-0.15, -0.1) is 0 Å². The highest BCUT2D eigenvalue weighted by molar-refractivity contribution is 5.32. The summed E-state index contributed by atoms with van der Waals surface area (Å²) in [6.07, 6.45) is 8.07. The van der Waals surface area contributed by atoms with Crippen molar-refractivity contribution >= 4 is 0 Å². The molecule has 1 saturated carbocycles. The van der Waals surface area contributed by atoms with Gasteiger partial charge in [0.05, 0.1) is 12.1 Å². The Kier molecular flexibility index (Phi) is 4.74. The van der Waals surface area contributed by atoms with Gasteiger partial charge in [-0.25, -0.2) is 0 Å². The van der Waals surface area contributed by atoms with Gasteiger partial charge < -0.3 is 10.1 Å². The molecule has 0 heterocycles. The summed E-state index contributed by atoms with van der Waals surface area (Å²) in [6.45, 7) is 4.13. The molecule has 0 bridgehead atoms. The van der Waals surface area contributed by atoms with Gasteiger partial charge in [-0.05, 0) is 49.3 Å². The Hall–Kier alpha value is -0.860. The molecule has 0 saturated heterocycles. The minimum atomic E-state index is 0.345. The van der Waals surface area contributed by atoms with Gasteiger partial charge >= 0.3 is 0 Å². The van der Waals surface area contributed by atoms with Gasteiger partial charge in [-0.3, -0.25) is 0 Å². The number of likely N-dealkylation sites (N-methyl/N-ethyl adjacent to an activating group) is 1. The second-order valence-corrected chi connectivity index (χ2v) is 6.27. The summed E-state index contributed by atoms with van der Waals surface area (Å²) >= 11 is 0. The SMILES string of the molecule is CCNC1c2ccccc2CCCC1OCCC1CC1. The van der Waals surface area contributed by atoms with E-state index in [0.29, 0.717) is 12.1 Å². The zero-order valence-electron chi connectivity index (χ0n) is 12.6. The van der Waals surface area contributed by atoms with Crippen LogP contribution >= 0.6 is 0 Å². The van der Waals surface area contributed by atoms with E-state index in [-0.39, 0.29) is 0 Å². The van der Waals surface area contributed by atoms with Gasteiger partial charge in [-0.1, -0.05) is 44.0 Å². The molecule has 20 heavy (non-hydrogen) atoms. The van der Waals surface area contributed by atoms with E-state index < -0.39 is 0 Å². The highest BCUT2D eigenvalue weighted by Crippen LogP contribution is 2.34. The fourth-order valence-corrected chi connectivity index (χ4v) is 3.36. The van der Waals surface area contributed by atoms with E-state index in [0.717, 1.165) is 19.1 Å². The maximum atomic E-state index is 6.27. The van der Waals surface area contributed by atoms with Crippen molar-refractivity contribution in [3.63, 3.8) is 0 Å². The van der Waals surface area contributed by atoms with Crippen molar-refractivity contribution in [2.24, 2.45) is 5.92 Å². The summed E-state index contributed by atoms with van der Waals surface area (Å²) in [7, 11) is 0. The van der Waals surface area contributed by atoms with Crippen LogP contribution < -0.4 is 5.32 Å². The summed E-state index contributed by atoms with van der Waals surface area (Å²) in [6, 6.07) is 9.27. The summed E-state index contributed by atoms with van der Waals surface area (Å²) in [5.74, 6) is 0.964. The average Bonchev–Trinajstić information content (AvgIpc) is 3.29. The number of nitrogens with one attached hydrogen (secondary N) is 1. The summed E-state index contributed by atoms with van der Waals surface area (Å²) in [5.41, 5.74) is 2.97. The first-order valence-electron chi connectivity index (χ1n) is 8.31. The molecule has 1 aromatic rings. The van der Waals surface area contributed by atoms with Crippen LogP contribution in [0.2, 0.25) is 0 Å². The molecule has 2 heteroatoms. The van der Waals surface area contributed by atoms with E-state index in [2.05, 4.69) is 36.5 Å². The first-order valence-corrected chi connectivity index (χ1v) is 8.31. The molecule has 2 nitrogen and oxygen atoms in total. The van der Waals surface area contributed by atoms with E-state index in [1.807, 2.05) is 0 Å². The molecule has 2 atom stereocenters. The van der Waals surface area contributed by atoms with Crippen molar-refractivity contribution in [1.29, 1.82) is 0 Å². The quantitative estimate of drug-likeness (QED) is 0.795. The standard InChI is InChI=1S/C18H27NO/c1-2-19-18-16-8-4-3-6-15(16)7-5-9-17(18)20-13-12-14-10-11-14/h3-4,6,8,14,17-19H,2,5,7,9-13H2,1H3. The Morgan fingerprint density at radius 2 is 2.05 bits per heavy atom. The fraction of sp³-hybridized carbons (Fsp3) is 0.667. The number of hydrogen-bond acceptors (Lipinski definition) is 2. The van der Waals surface area contributed by atoms with Gasteiger partial charge in [0.15, 0.2) is 0 Å². The zero-order chi connectivity index (χ0) is 13.8. The smallest absolute Gasteiger partial charge is 0.0769 e. The van der Waals surface area contributed by atoms with E-state index in [4.69, 9.17) is 4.74 Å². The lowest BCUT2D eigenvalue weighted by Crippen LogP contribution is -2.33. The maximum Gasteiger partial charge on any atom is 0.0769 e. The van der Waals surface area contributed by atoms with Crippen LogP contribution in [0.1, 0.15) is 56.2 Å². The summed E-state index contributed by atoms with van der Waals surface area (Å²) in [5, 5.41) is 3.66. The Bertz CT molecular complexity index is 427. The fourth-order valence-electron chi connectivity index (χ4n) is 3.36. The van der Waals surface area contributed by atoms with Crippen molar-refractivity contribution in [3.8, 4) is 0 Å². The van der Waals surface area contributed by atoms with Crippen LogP contribution in [0.5, 0.6) is 0 Å². The lowest BCUT2D eigenvalue weighted by atomic mass is 9.97. The third-order valence-corrected chi connectivity index (χ3v) is 4.68. The number of fused-ring (bicyclic) bond motifs is 1. The average molecular weight is 273 g/mol. The third-order valence-electron chi connectivity index (χ3n) is 4.68. The molecule has 1 fully saturated rings. The maximum absolute atomic E-state index is 6.27. The van der Waals surface area contributed by atoms with Crippen molar-refractivity contribution < 1.29 is 4.74 Å². The molecule has 3 rings (SSSR count). The second kappa shape index (κ2) is 6.73. The molecule has 0 aliphatic heterocycles. The Balaban J connectivity index is 1.70.